The summed E-state index contributed by atoms with van der Waals surface area (Å²) in [7, 11) is 1.62. The molecular formula is C33H34ClNO6. The summed E-state index contributed by atoms with van der Waals surface area (Å²) in [6.45, 7) is 7.23. The van der Waals surface area contributed by atoms with E-state index >= 15 is 0 Å². The Labute approximate surface area is 244 Å². The van der Waals surface area contributed by atoms with Crippen LogP contribution in [0.5, 0.6) is 17.2 Å². The van der Waals surface area contributed by atoms with E-state index in [1.807, 2.05) is 56.3 Å². The molecule has 0 fully saturated rings. The number of carbonyl (C=O) groups is 1. The predicted octanol–water partition coefficient (Wildman–Crippen LogP) is 7.13. The summed E-state index contributed by atoms with van der Waals surface area (Å²) in [6.07, 6.45) is 2.52. The highest BCUT2D eigenvalue weighted by Gasteiger charge is 2.43. The van der Waals surface area contributed by atoms with Gasteiger partial charge in [0.2, 0.25) is 5.76 Å². The second-order valence-electron chi connectivity index (χ2n) is 10.1. The molecular weight excluding hydrogens is 542 g/mol. The highest BCUT2D eigenvalue weighted by molar-refractivity contribution is 6.32. The minimum absolute atomic E-state index is 0.0604. The molecule has 4 aromatic rings. The molecule has 0 radical (unpaired) electrons. The number of carbonyl (C=O) groups excluding carboxylic acids is 1. The summed E-state index contributed by atoms with van der Waals surface area (Å²) in [6, 6.07) is 16.0. The average molecular weight is 576 g/mol. The van der Waals surface area contributed by atoms with Crippen molar-refractivity contribution in [1.29, 1.82) is 0 Å². The van der Waals surface area contributed by atoms with Crippen molar-refractivity contribution in [3.8, 4) is 17.2 Å². The minimum atomic E-state index is -0.666. The van der Waals surface area contributed by atoms with E-state index in [0.29, 0.717) is 59.2 Å². The van der Waals surface area contributed by atoms with Crippen molar-refractivity contribution in [3.05, 3.63) is 97.9 Å². The smallest absolute Gasteiger partial charge is 0.290 e. The Morgan fingerprint density at radius 3 is 2.46 bits per heavy atom. The zero-order chi connectivity index (χ0) is 29.1. The summed E-state index contributed by atoms with van der Waals surface area (Å²) in [5.41, 5.74) is 2.92. The topological polar surface area (TPSA) is 78.2 Å². The normalized spacial score (nSPS) is 14.4. The number of ether oxygens (including phenoxy) is 3. The zero-order valence-electron chi connectivity index (χ0n) is 23.8. The van der Waals surface area contributed by atoms with E-state index in [1.54, 1.807) is 24.1 Å². The van der Waals surface area contributed by atoms with E-state index < -0.39 is 6.04 Å². The number of fused-ring (bicyclic) bond motifs is 2. The molecule has 1 unspecified atom stereocenters. The third kappa shape index (κ3) is 5.64. The third-order valence-corrected chi connectivity index (χ3v) is 7.79. The van der Waals surface area contributed by atoms with Gasteiger partial charge in [-0.2, -0.15) is 0 Å². The van der Waals surface area contributed by atoms with E-state index in [4.69, 9.17) is 30.2 Å². The molecule has 0 bridgehead atoms. The number of rotatable bonds is 11. The second kappa shape index (κ2) is 12.3. The molecule has 0 saturated carbocycles. The van der Waals surface area contributed by atoms with Gasteiger partial charge in [0.05, 0.1) is 37.3 Å². The number of hydrogen-bond acceptors (Lipinski definition) is 6. The molecule has 1 aliphatic rings. The highest BCUT2D eigenvalue weighted by atomic mass is 35.5. The van der Waals surface area contributed by atoms with E-state index in [1.165, 1.54) is 0 Å². The molecule has 1 aromatic heterocycles. The Morgan fingerprint density at radius 1 is 0.976 bits per heavy atom. The number of nitrogens with zero attached hydrogens (tertiary/aromatic N) is 1. The van der Waals surface area contributed by atoms with Crippen molar-refractivity contribution < 1.29 is 23.4 Å². The molecule has 214 valence electrons. The van der Waals surface area contributed by atoms with Crippen LogP contribution in [0.4, 0.5) is 0 Å². The van der Waals surface area contributed by atoms with Gasteiger partial charge in [-0.05, 0) is 79.8 Å². The van der Waals surface area contributed by atoms with E-state index in [9.17, 15) is 9.59 Å². The van der Waals surface area contributed by atoms with Gasteiger partial charge in [-0.1, -0.05) is 43.1 Å². The van der Waals surface area contributed by atoms with E-state index in [-0.39, 0.29) is 17.1 Å². The lowest BCUT2D eigenvalue weighted by Gasteiger charge is -2.26. The van der Waals surface area contributed by atoms with Crippen LogP contribution in [0.15, 0.2) is 63.8 Å². The van der Waals surface area contributed by atoms with Crippen molar-refractivity contribution in [3.63, 3.8) is 0 Å². The molecule has 0 aliphatic carbocycles. The first-order valence-electron chi connectivity index (χ1n) is 14.0. The first-order valence-corrected chi connectivity index (χ1v) is 14.3. The Bertz CT molecular complexity index is 1630. The molecule has 5 rings (SSSR count). The van der Waals surface area contributed by atoms with Gasteiger partial charge in [0.1, 0.15) is 11.3 Å². The van der Waals surface area contributed by atoms with Crippen molar-refractivity contribution in [2.24, 2.45) is 0 Å². The van der Waals surface area contributed by atoms with Gasteiger partial charge in [-0.15, -0.1) is 0 Å². The number of methoxy groups -OCH3 is 1. The number of aryl methyl sites for hydroxylation is 1. The highest BCUT2D eigenvalue weighted by Crippen LogP contribution is 2.41. The van der Waals surface area contributed by atoms with Crippen molar-refractivity contribution in [2.45, 2.75) is 46.1 Å². The fraction of sp³-hybridized carbons (Fsp3) is 0.333. The molecule has 0 spiro atoms. The largest absolute Gasteiger partial charge is 0.497 e. The van der Waals surface area contributed by atoms with Crippen LogP contribution in [-0.2, 0) is 6.42 Å². The maximum Gasteiger partial charge on any atom is 0.290 e. The molecule has 1 atom stereocenters. The van der Waals surface area contributed by atoms with Crippen LogP contribution in [0.2, 0.25) is 5.02 Å². The number of benzene rings is 3. The maximum atomic E-state index is 14.0. The number of hydrogen-bond donors (Lipinski definition) is 0. The number of amides is 1. The fourth-order valence-electron chi connectivity index (χ4n) is 5.17. The van der Waals surface area contributed by atoms with Crippen LogP contribution >= 0.6 is 11.6 Å². The first kappa shape index (κ1) is 28.6. The molecule has 0 saturated heterocycles. The van der Waals surface area contributed by atoms with Gasteiger partial charge in [-0.3, -0.25) is 9.59 Å². The van der Waals surface area contributed by atoms with Gasteiger partial charge >= 0.3 is 0 Å². The quantitative estimate of drug-likeness (QED) is 0.177. The average Bonchev–Trinajstić information content (AvgIpc) is 3.25. The molecule has 2 heterocycles. The van der Waals surface area contributed by atoms with Crippen molar-refractivity contribution in [2.75, 3.05) is 26.9 Å². The summed E-state index contributed by atoms with van der Waals surface area (Å²) in [4.78, 5) is 29.6. The van der Waals surface area contributed by atoms with Crippen LogP contribution in [-0.4, -0.2) is 37.7 Å². The van der Waals surface area contributed by atoms with Crippen LogP contribution in [0.25, 0.3) is 11.0 Å². The summed E-state index contributed by atoms with van der Waals surface area (Å²) in [5, 5.41) is 0.813. The van der Waals surface area contributed by atoms with Gasteiger partial charge in [0.25, 0.3) is 5.91 Å². The minimum Gasteiger partial charge on any atom is -0.497 e. The van der Waals surface area contributed by atoms with Gasteiger partial charge < -0.3 is 23.5 Å². The van der Waals surface area contributed by atoms with Gasteiger partial charge in [0.15, 0.2) is 16.9 Å². The summed E-state index contributed by atoms with van der Waals surface area (Å²) >= 11 is 6.39. The van der Waals surface area contributed by atoms with Crippen molar-refractivity contribution in [1.82, 2.24) is 4.90 Å². The van der Waals surface area contributed by atoms with Crippen LogP contribution in [0.3, 0.4) is 0 Å². The number of halogens is 1. The van der Waals surface area contributed by atoms with Crippen LogP contribution in [0, 0.1) is 6.92 Å². The molecule has 1 aliphatic heterocycles. The Morgan fingerprint density at radius 2 is 1.76 bits per heavy atom. The Balaban J connectivity index is 1.61. The van der Waals surface area contributed by atoms with E-state index in [0.717, 1.165) is 35.3 Å². The van der Waals surface area contributed by atoms with E-state index in [2.05, 4.69) is 6.92 Å². The number of unbranched alkanes of at least 4 members (excludes halogenated alkanes) is 1. The lowest BCUT2D eigenvalue weighted by atomic mass is 9.97. The lowest BCUT2D eigenvalue weighted by molar-refractivity contribution is 0.0729. The summed E-state index contributed by atoms with van der Waals surface area (Å²) < 4.78 is 23.3. The Hall–Kier alpha value is -3.97. The zero-order valence-corrected chi connectivity index (χ0v) is 24.5. The fourth-order valence-corrected chi connectivity index (χ4v) is 5.33. The van der Waals surface area contributed by atoms with Gasteiger partial charge in [0, 0.05) is 11.6 Å². The van der Waals surface area contributed by atoms with Crippen LogP contribution < -0.4 is 19.6 Å². The lowest BCUT2D eigenvalue weighted by Crippen LogP contribution is -2.31. The molecule has 7 nitrogen and oxygen atoms in total. The maximum absolute atomic E-state index is 14.0. The first-order chi connectivity index (χ1) is 19.9. The Kier molecular flexibility index (Phi) is 8.54. The van der Waals surface area contributed by atoms with Gasteiger partial charge in [-0.25, -0.2) is 0 Å². The molecule has 3 aromatic carbocycles. The SMILES string of the molecule is CCCCOc1ccc(C2c3c(oc4cc(C)c(Cl)cc4c3=O)C(=O)N2CCc2ccc(OC)cc2)cc1OCC. The second-order valence-corrected chi connectivity index (χ2v) is 10.5. The molecule has 41 heavy (non-hydrogen) atoms. The molecule has 1 amide bonds. The van der Waals surface area contributed by atoms with Crippen molar-refractivity contribution >= 4 is 28.5 Å². The standard InChI is InChI=1S/C33H34ClNO6/c1-5-7-16-40-26-13-10-22(18-28(26)39-6-2)30-29-31(36)24-19-25(34)20(3)17-27(24)41-32(29)33(37)35(30)15-14-21-8-11-23(38-4)12-9-21/h8-13,17-19,30H,5-7,14-16H2,1-4H3. The van der Waals surface area contributed by atoms with Crippen LogP contribution in [0.1, 0.15) is 65.5 Å². The monoisotopic (exact) mass is 575 g/mol. The summed E-state index contributed by atoms with van der Waals surface area (Å²) in [5.74, 6) is 1.69. The molecule has 0 N–H and O–H groups in total. The predicted molar refractivity (Wildman–Crippen MR) is 160 cm³/mol. The third-order valence-electron chi connectivity index (χ3n) is 7.39. The molecule has 8 heteroatoms.